The molecule has 0 atom stereocenters. The molecule has 1 aliphatic rings. The number of methoxy groups -OCH3 is 1. The molecule has 0 saturated heterocycles. The number of hydrogen-bond donors (Lipinski definition) is 0. The summed E-state index contributed by atoms with van der Waals surface area (Å²) in [5.41, 5.74) is 0.588. The molecule has 1 heterocycles. The zero-order valence-electron chi connectivity index (χ0n) is 11.0. The van der Waals surface area contributed by atoms with E-state index in [0.717, 1.165) is 17.7 Å². The van der Waals surface area contributed by atoms with Gasteiger partial charge in [0.2, 0.25) is 0 Å². The maximum Gasteiger partial charge on any atom is 0.260 e. The van der Waals surface area contributed by atoms with E-state index < -0.39 is 23.1 Å². The second kappa shape index (κ2) is 6.45. The van der Waals surface area contributed by atoms with E-state index in [4.69, 9.17) is 4.74 Å². The lowest BCUT2D eigenvalue weighted by Crippen LogP contribution is -2.36. The van der Waals surface area contributed by atoms with Crippen molar-refractivity contribution >= 4 is 21.8 Å². The molecule has 20 heavy (non-hydrogen) atoms. The van der Waals surface area contributed by atoms with Crippen molar-refractivity contribution in [1.82, 2.24) is 4.90 Å². The number of hydrogen-bond acceptors (Lipinski definition) is 2. The van der Waals surface area contributed by atoms with Gasteiger partial charge in [-0.3, -0.25) is 4.79 Å². The molecule has 1 aliphatic heterocycles. The minimum absolute atomic E-state index is 0.268. The normalized spacial score (nSPS) is 15.2. The Kier molecular flexibility index (Phi) is 4.88. The smallest absolute Gasteiger partial charge is 0.260 e. The third-order valence-electron chi connectivity index (χ3n) is 3.14. The van der Waals surface area contributed by atoms with E-state index in [1.807, 2.05) is 6.08 Å². The third kappa shape index (κ3) is 3.24. The van der Waals surface area contributed by atoms with E-state index in [0.29, 0.717) is 26.1 Å². The van der Waals surface area contributed by atoms with Gasteiger partial charge in [0, 0.05) is 24.7 Å². The molecule has 3 nitrogen and oxygen atoms in total. The number of carbonyl (C=O) groups is 1. The maximum atomic E-state index is 13.8. The predicted molar refractivity (Wildman–Crippen MR) is 74.5 cm³/mol. The van der Waals surface area contributed by atoms with Crippen LogP contribution in [0.25, 0.3) is 0 Å². The molecule has 6 heteroatoms. The van der Waals surface area contributed by atoms with E-state index in [-0.39, 0.29) is 4.47 Å². The summed E-state index contributed by atoms with van der Waals surface area (Å²) in [6.45, 7) is 1.29. The summed E-state index contributed by atoms with van der Waals surface area (Å²) in [7, 11) is 1.60. The summed E-state index contributed by atoms with van der Waals surface area (Å²) in [5, 5.41) is 0. The van der Waals surface area contributed by atoms with E-state index in [2.05, 4.69) is 15.9 Å². The van der Waals surface area contributed by atoms with Crippen LogP contribution < -0.4 is 0 Å². The molecule has 0 N–H and O–H groups in total. The zero-order valence-corrected chi connectivity index (χ0v) is 12.5. The summed E-state index contributed by atoms with van der Waals surface area (Å²) in [6, 6.07) is 2.18. The zero-order chi connectivity index (χ0) is 14.7. The molecular formula is C14H14BrF2NO2. The molecule has 0 aromatic heterocycles. The number of ether oxygens (including phenoxy) is 1. The van der Waals surface area contributed by atoms with Crippen molar-refractivity contribution in [3.05, 3.63) is 45.5 Å². The Labute approximate surface area is 124 Å². The highest BCUT2D eigenvalue weighted by atomic mass is 79.9. The molecule has 0 aliphatic carbocycles. The van der Waals surface area contributed by atoms with Crippen molar-refractivity contribution in [2.75, 3.05) is 26.8 Å². The molecule has 1 aromatic rings. The lowest BCUT2D eigenvalue weighted by molar-refractivity contribution is 0.0755. The van der Waals surface area contributed by atoms with Gasteiger partial charge < -0.3 is 9.64 Å². The average molecular weight is 346 g/mol. The van der Waals surface area contributed by atoms with Gasteiger partial charge in [0.15, 0.2) is 0 Å². The number of carbonyl (C=O) groups excluding carboxylic acids is 1. The van der Waals surface area contributed by atoms with E-state index in [9.17, 15) is 13.6 Å². The number of benzene rings is 1. The Balaban J connectivity index is 2.18. The largest absolute Gasteiger partial charge is 0.380 e. The molecule has 0 unspecified atom stereocenters. The van der Waals surface area contributed by atoms with Crippen LogP contribution in [0.4, 0.5) is 8.78 Å². The minimum Gasteiger partial charge on any atom is -0.380 e. The van der Waals surface area contributed by atoms with Crippen LogP contribution in [-0.2, 0) is 4.74 Å². The molecule has 0 radical (unpaired) electrons. The van der Waals surface area contributed by atoms with Gasteiger partial charge in [-0.15, -0.1) is 0 Å². The average Bonchev–Trinajstić information content (AvgIpc) is 2.38. The minimum atomic E-state index is -0.853. The summed E-state index contributed by atoms with van der Waals surface area (Å²) in [4.78, 5) is 13.6. The van der Waals surface area contributed by atoms with Crippen LogP contribution in [0, 0.1) is 11.6 Å². The molecular weight excluding hydrogens is 332 g/mol. The van der Waals surface area contributed by atoms with Gasteiger partial charge in [-0.05, 0) is 24.1 Å². The van der Waals surface area contributed by atoms with Crippen LogP contribution in [-0.4, -0.2) is 37.6 Å². The van der Waals surface area contributed by atoms with Crippen molar-refractivity contribution in [2.24, 2.45) is 0 Å². The number of nitrogens with zero attached hydrogens (tertiary/aromatic N) is 1. The highest BCUT2D eigenvalue weighted by Gasteiger charge is 2.25. The molecule has 0 bridgehead atoms. The Morgan fingerprint density at radius 3 is 2.55 bits per heavy atom. The van der Waals surface area contributed by atoms with E-state index in [1.54, 1.807) is 7.11 Å². The Morgan fingerprint density at radius 1 is 1.40 bits per heavy atom. The number of rotatable bonds is 3. The highest BCUT2D eigenvalue weighted by molar-refractivity contribution is 9.10. The van der Waals surface area contributed by atoms with Gasteiger partial charge in [-0.25, -0.2) is 8.78 Å². The SMILES string of the molecule is COCC1=CCN(C(=O)c2c(F)cc(Br)cc2F)CC1. The maximum absolute atomic E-state index is 13.8. The molecule has 0 spiro atoms. The fourth-order valence-electron chi connectivity index (χ4n) is 2.12. The number of halogens is 3. The molecule has 0 saturated carbocycles. The van der Waals surface area contributed by atoms with Crippen molar-refractivity contribution in [1.29, 1.82) is 0 Å². The van der Waals surface area contributed by atoms with Crippen LogP contribution in [0.5, 0.6) is 0 Å². The first-order chi connectivity index (χ1) is 9.52. The summed E-state index contributed by atoms with van der Waals surface area (Å²) in [6.07, 6.45) is 2.51. The van der Waals surface area contributed by atoms with Crippen LogP contribution in [0.1, 0.15) is 16.8 Å². The molecule has 2 rings (SSSR count). The predicted octanol–water partition coefficient (Wildman–Crippen LogP) is 3.15. The van der Waals surface area contributed by atoms with Crippen molar-refractivity contribution < 1.29 is 18.3 Å². The Hall–Kier alpha value is -1.27. The first kappa shape index (κ1) is 15.1. The van der Waals surface area contributed by atoms with Gasteiger partial charge in [-0.1, -0.05) is 22.0 Å². The lowest BCUT2D eigenvalue weighted by Gasteiger charge is -2.26. The summed E-state index contributed by atoms with van der Waals surface area (Å²) >= 11 is 2.99. The van der Waals surface area contributed by atoms with Crippen LogP contribution in [0.2, 0.25) is 0 Å². The number of amides is 1. The monoisotopic (exact) mass is 345 g/mol. The summed E-state index contributed by atoms with van der Waals surface area (Å²) in [5.74, 6) is -2.33. The summed E-state index contributed by atoms with van der Waals surface area (Å²) < 4.78 is 32.8. The fourth-order valence-corrected chi connectivity index (χ4v) is 2.52. The third-order valence-corrected chi connectivity index (χ3v) is 3.60. The van der Waals surface area contributed by atoms with Gasteiger partial charge in [-0.2, -0.15) is 0 Å². The first-order valence-corrected chi connectivity index (χ1v) is 6.93. The second-order valence-corrected chi connectivity index (χ2v) is 5.46. The van der Waals surface area contributed by atoms with Crippen LogP contribution >= 0.6 is 15.9 Å². The van der Waals surface area contributed by atoms with E-state index in [1.165, 1.54) is 4.90 Å². The standard InChI is InChI=1S/C14H14BrF2NO2/c1-20-8-9-2-4-18(5-3-9)14(19)13-11(16)6-10(15)7-12(13)17/h2,6-7H,3-5,8H2,1H3. The quantitative estimate of drug-likeness (QED) is 0.787. The van der Waals surface area contributed by atoms with Gasteiger partial charge >= 0.3 is 0 Å². The highest BCUT2D eigenvalue weighted by Crippen LogP contribution is 2.22. The van der Waals surface area contributed by atoms with Gasteiger partial charge in [0.05, 0.1) is 6.61 Å². The second-order valence-electron chi connectivity index (χ2n) is 4.54. The Morgan fingerprint density at radius 2 is 2.05 bits per heavy atom. The molecule has 108 valence electrons. The van der Waals surface area contributed by atoms with Crippen LogP contribution in [0.3, 0.4) is 0 Å². The first-order valence-electron chi connectivity index (χ1n) is 6.13. The molecule has 1 aromatic carbocycles. The Bertz CT molecular complexity index is 537. The molecule has 0 fully saturated rings. The molecule has 1 amide bonds. The van der Waals surface area contributed by atoms with Crippen molar-refractivity contribution in [3.8, 4) is 0 Å². The van der Waals surface area contributed by atoms with E-state index >= 15 is 0 Å². The fraction of sp³-hybridized carbons (Fsp3) is 0.357. The van der Waals surface area contributed by atoms with Crippen molar-refractivity contribution in [3.63, 3.8) is 0 Å². The lowest BCUT2D eigenvalue weighted by atomic mass is 10.1. The topological polar surface area (TPSA) is 29.5 Å². The van der Waals surface area contributed by atoms with Crippen molar-refractivity contribution in [2.45, 2.75) is 6.42 Å². The van der Waals surface area contributed by atoms with Crippen LogP contribution in [0.15, 0.2) is 28.3 Å². The van der Waals surface area contributed by atoms with Gasteiger partial charge in [0.1, 0.15) is 17.2 Å². The van der Waals surface area contributed by atoms with Gasteiger partial charge in [0.25, 0.3) is 5.91 Å².